The molecule has 1 aliphatic carbocycles. The van der Waals surface area contributed by atoms with Crippen LogP contribution in [0.5, 0.6) is 0 Å². The number of halogens is 1. The first-order chi connectivity index (χ1) is 21.3. The average molecular weight is 616 g/mol. The molecule has 0 saturated heterocycles. The Labute approximate surface area is 265 Å². The largest absolute Gasteiger partial charge is 0.345 e. The molecule has 0 radical (unpaired) electrons. The zero-order chi connectivity index (χ0) is 32.4. The lowest BCUT2D eigenvalue weighted by molar-refractivity contribution is -0.134. The lowest BCUT2D eigenvalue weighted by atomic mass is 9.67. The van der Waals surface area contributed by atoms with Crippen LogP contribution < -0.4 is 5.32 Å². The molecule has 1 aromatic heterocycles. The summed E-state index contributed by atoms with van der Waals surface area (Å²) in [5.74, 6) is 0.242. The molecule has 2 aliphatic rings. The molecule has 240 valence electrons. The van der Waals surface area contributed by atoms with E-state index in [9.17, 15) is 14.0 Å². The minimum atomic E-state index is -0.676. The van der Waals surface area contributed by atoms with Crippen molar-refractivity contribution in [3.63, 3.8) is 0 Å². The summed E-state index contributed by atoms with van der Waals surface area (Å²) in [7, 11) is 0. The molecule has 1 spiro atoms. The second-order valence-corrected chi connectivity index (χ2v) is 14.5. The van der Waals surface area contributed by atoms with Crippen molar-refractivity contribution >= 4 is 17.5 Å². The second-order valence-electron chi connectivity index (χ2n) is 14.5. The number of aromatic amines is 1. The fraction of sp³-hybridized carbons (Fsp3) is 0.543. The van der Waals surface area contributed by atoms with Gasteiger partial charge in [0.05, 0.1) is 12.6 Å². The van der Waals surface area contributed by atoms with E-state index in [4.69, 9.17) is 4.99 Å². The monoisotopic (exact) mass is 615 g/mol. The van der Waals surface area contributed by atoms with Crippen LogP contribution in [0.1, 0.15) is 120 Å². The molecule has 0 bridgehead atoms. The van der Waals surface area contributed by atoms with Crippen LogP contribution in [0.2, 0.25) is 0 Å². The number of carbonyl (C=O) groups is 2. The highest BCUT2D eigenvalue weighted by atomic mass is 19.1. The number of carbonyl (C=O) groups excluding carboxylic acids is 2. The number of tetrazole rings is 1. The zero-order valence-corrected chi connectivity index (χ0v) is 27.4. The van der Waals surface area contributed by atoms with Gasteiger partial charge in [0, 0.05) is 11.1 Å². The summed E-state index contributed by atoms with van der Waals surface area (Å²) in [6, 6.07) is 13.4. The molecule has 1 fully saturated rings. The number of H-pyrrole nitrogens is 1. The summed E-state index contributed by atoms with van der Waals surface area (Å²) in [5.41, 5.74) is 2.10. The van der Waals surface area contributed by atoms with Gasteiger partial charge in [-0.15, -0.1) is 10.2 Å². The summed E-state index contributed by atoms with van der Waals surface area (Å²) in [5, 5.41) is 16.5. The van der Waals surface area contributed by atoms with Gasteiger partial charge in [0.25, 0.3) is 11.8 Å². The third-order valence-electron chi connectivity index (χ3n) is 9.94. The van der Waals surface area contributed by atoms with Crippen LogP contribution in [0.25, 0.3) is 0 Å². The van der Waals surface area contributed by atoms with Crippen LogP contribution in [-0.4, -0.2) is 48.7 Å². The molecule has 2 N–H and O–H groups in total. The van der Waals surface area contributed by atoms with E-state index in [1.165, 1.54) is 12.1 Å². The van der Waals surface area contributed by atoms with Gasteiger partial charge in [0.2, 0.25) is 0 Å². The number of aliphatic imine (C=N–C) groups is 1. The molecular weight excluding hydrogens is 569 g/mol. The van der Waals surface area contributed by atoms with E-state index in [1.807, 2.05) is 17.0 Å². The lowest BCUT2D eigenvalue weighted by Crippen LogP contribution is -2.51. The van der Waals surface area contributed by atoms with E-state index in [2.05, 4.69) is 67.5 Å². The van der Waals surface area contributed by atoms with Crippen molar-refractivity contribution in [3.8, 4) is 0 Å². The van der Waals surface area contributed by atoms with Gasteiger partial charge in [-0.25, -0.2) is 4.39 Å². The molecule has 3 aromatic rings. The maximum Gasteiger partial charge on any atom is 0.275 e. The van der Waals surface area contributed by atoms with Crippen molar-refractivity contribution in [1.82, 2.24) is 30.8 Å². The lowest BCUT2D eigenvalue weighted by Gasteiger charge is -2.48. The Balaban J connectivity index is 1.49. The number of hydrogen-bond donors (Lipinski definition) is 2. The molecular formula is C35H46FN7O2. The standard InChI is InChI=1S/C35H46FN7O2/c1-7-34(5,6)26-16-20-35(21-17-26)38-30(24-12-14-27(36)15-13-24)32(45)43(35)28(18-19-33(2,3)4)23-8-10-25(11-9-23)31(44)37-22-29-39-41-42-40-29/h8-15,26,28H,7,16-22H2,1-6H3,(H,37,44)(H,39,40,41,42). The number of amides is 2. The molecule has 1 atom stereocenters. The Morgan fingerprint density at radius 1 is 1.07 bits per heavy atom. The maximum atomic E-state index is 14.5. The first kappa shape index (κ1) is 32.4. The fourth-order valence-electron chi connectivity index (χ4n) is 6.73. The van der Waals surface area contributed by atoms with E-state index in [1.54, 1.807) is 24.3 Å². The minimum absolute atomic E-state index is 0.0482. The Morgan fingerprint density at radius 2 is 1.73 bits per heavy atom. The first-order valence-corrected chi connectivity index (χ1v) is 16.1. The van der Waals surface area contributed by atoms with Gasteiger partial charge >= 0.3 is 0 Å². The van der Waals surface area contributed by atoms with Crippen LogP contribution in [0.15, 0.2) is 53.5 Å². The molecule has 1 aliphatic heterocycles. The summed E-state index contributed by atoms with van der Waals surface area (Å²) in [6.45, 7) is 13.7. The molecule has 2 heterocycles. The van der Waals surface area contributed by atoms with Gasteiger partial charge in [-0.1, -0.05) is 65.3 Å². The normalized spacial score (nSPS) is 21.2. The molecule has 2 amide bonds. The first-order valence-electron chi connectivity index (χ1n) is 16.1. The van der Waals surface area contributed by atoms with E-state index in [0.717, 1.165) is 50.5 Å². The third kappa shape index (κ3) is 7.15. The zero-order valence-electron chi connectivity index (χ0n) is 27.4. The van der Waals surface area contributed by atoms with Crippen molar-refractivity contribution < 1.29 is 14.0 Å². The summed E-state index contributed by atoms with van der Waals surface area (Å²) in [4.78, 5) is 34.7. The van der Waals surface area contributed by atoms with Gasteiger partial charge in [0.1, 0.15) is 17.2 Å². The van der Waals surface area contributed by atoms with E-state index >= 15 is 0 Å². The Morgan fingerprint density at radius 3 is 2.31 bits per heavy atom. The quantitative estimate of drug-likeness (QED) is 0.261. The number of nitrogens with zero attached hydrogens (tertiary/aromatic N) is 5. The van der Waals surface area contributed by atoms with Gasteiger partial charge in [-0.05, 0) is 97.2 Å². The molecule has 2 aromatic carbocycles. The predicted molar refractivity (Wildman–Crippen MR) is 172 cm³/mol. The van der Waals surface area contributed by atoms with Gasteiger partial charge in [-0.3, -0.25) is 14.6 Å². The number of nitrogens with one attached hydrogen (secondary N) is 2. The van der Waals surface area contributed by atoms with E-state index in [-0.39, 0.29) is 41.0 Å². The van der Waals surface area contributed by atoms with Gasteiger partial charge in [0.15, 0.2) is 5.82 Å². The highest BCUT2D eigenvalue weighted by molar-refractivity contribution is 6.46. The predicted octanol–water partition coefficient (Wildman–Crippen LogP) is 6.79. The van der Waals surface area contributed by atoms with Crippen LogP contribution >= 0.6 is 0 Å². The number of hydrogen-bond acceptors (Lipinski definition) is 6. The fourth-order valence-corrected chi connectivity index (χ4v) is 6.73. The van der Waals surface area contributed by atoms with E-state index in [0.29, 0.717) is 28.6 Å². The van der Waals surface area contributed by atoms with Crippen LogP contribution in [-0.2, 0) is 11.3 Å². The topological polar surface area (TPSA) is 116 Å². The second kappa shape index (κ2) is 12.8. The van der Waals surface area contributed by atoms with E-state index < -0.39 is 5.66 Å². The summed E-state index contributed by atoms with van der Waals surface area (Å²) in [6.07, 6.45) is 6.26. The van der Waals surface area contributed by atoms with Crippen molar-refractivity contribution in [3.05, 3.63) is 76.9 Å². The Kier molecular flexibility index (Phi) is 9.23. The summed E-state index contributed by atoms with van der Waals surface area (Å²) < 4.78 is 13.9. The third-order valence-corrected chi connectivity index (χ3v) is 9.94. The maximum absolute atomic E-state index is 14.5. The average Bonchev–Trinajstić information content (AvgIpc) is 3.63. The number of aromatic nitrogens is 4. The SMILES string of the molecule is CCC(C)(C)C1CCC2(CC1)N=C(c1ccc(F)cc1)C(=O)N2C(CCC(C)(C)C)c1ccc(C(=O)NCc2nn[nH]n2)cc1. The Hall–Kier alpha value is -3.95. The van der Waals surface area contributed by atoms with Gasteiger partial charge in [-0.2, -0.15) is 5.21 Å². The van der Waals surface area contributed by atoms with Crippen molar-refractivity contribution in [2.45, 2.75) is 105 Å². The molecule has 45 heavy (non-hydrogen) atoms. The van der Waals surface area contributed by atoms with Crippen molar-refractivity contribution in [1.29, 1.82) is 0 Å². The highest BCUT2D eigenvalue weighted by Crippen LogP contribution is 2.51. The molecule has 9 nitrogen and oxygen atoms in total. The molecule has 1 unspecified atom stereocenters. The van der Waals surface area contributed by atoms with Crippen LogP contribution in [0.3, 0.4) is 0 Å². The minimum Gasteiger partial charge on any atom is -0.345 e. The van der Waals surface area contributed by atoms with Crippen LogP contribution in [0.4, 0.5) is 4.39 Å². The number of benzene rings is 2. The Bertz CT molecular complexity index is 1500. The molecule has 5 rings (SSSR count). The molecule has 10 heteroatoms. The highest BCUT2D eigenvalue weighted by Gasteiger charge is 2.53. The molecule has 1 saturated carbocycles. The number of rotatable bonds is 10. The van der Waals surface area contributed by atoms with Gasteiger partial charge < -0.3 is 10.2 Å². The van der Waals surface area contributed by atoms with Crippen LogP contribution in [0, 0.1) is 22.6 Å². The summed E-state index contributed by atoms with van der Waals surface area (Å²) >= 11 is 0. The van der Waals surface area contributed by atoms with Crippen molar-refractivity contribution in [2.75, 3.05) is 0 Å². The van der Waals surface area contributed by atoms with Crippen molar-refractivity contribution in [2.24, 2.45) is 21.7 Å². The smallest absolute Gasteiger partial charge is 0.275 e.